The maximum atomic E-state index is 4.26. The summed E-state index contributed by atoms with van der Waals surface area (Å²) in [6.07, 6.45) is 0. The molecular weight excluding hydrogens is 176 g/mol. The lowest BCUT2D eigenvalue weighted by molar-refractivity contribution is 1.21. The average Bonchev–Trinajstić information content (AvgIpc) is 2.62. The van der Waals surface area contributed by atoms with Gasteiger partial charge in [0.15, 0.2) is 5.65 Å². The molecule has 0 bridgehead atoms. The van der Waals surface area contributed by atoms with Gasteiger partial charge in [0.1, 0.15) is 0 Å². The van der Waals surface area contributed by atoms with Crippen LogP contribution in [-0.2, 0) is 0 Å². The largest absolute Gasteiger partial charge is 0.359 e. The molecule has 0 saturated carbocycles. The third-order valence-corrected chi connectivity index (χ3v) is 1.72. The van der Waals surface area contributed by atoms with Crippen molar-refractivity contribution in [2.45, 2.75) is 20.8 Å². The van der Waals surface area contributed by atoms with Crippen molar-refractivity contribution in [1.82, 2.24) is 15.0 Å². The van der Waals surface area contributed by atoms with E-state index in [2.05, 4.69) is 20.3 Å². The molecule has 0 aromatic carbocycles. The Morgan fingerprint density at radius 3 is 2.57 bits per heavy atom. The molecule has 0 spiro atoms. The van der Waals surface area contributed by atoms with Gasteiger partial charge in [-0.05, 0) is 19.1 Å². The molecular formula is C10H16N4. The standard InChI is InChI=1S/C8H10N4.C2H6/c1-5-3-4-6-7(10-5)12-8(9-2)11-6;1-2/h3-4H,1-2H3,(H2,9,10,11,12);1-2H3. The van der Waals surface area contributed by atoms with Crippen LogP contribution in [-0.4, -0.2) is 22.0 Å². The van der Waals surface area contributed by atoms with Crippen LogP contribution in [0.25, 0.3) is 11.2 Å². The summed E-state index contributed by atoms with van der Waals surface area (Å²) in [6, 6.07) is 3.94. The van der Waals surface area contributed by atoms with Gasteiger partial charge in [0.2, 0.25) is 5.95 Å². The number of anilines is 1. The zero-order chi connectivity index (χ0) is 10.6. The van der Waals surface area contributed by atoms with Gasteiger partial charge in [0, 0.05) is 12.7 Å². The van der Waals surface area contributed by atoms with Gasteiger partial charge in [0.25, 0.3) is 0 Å². The highest BCUT2D eigenvalue weighted by molar-refractivity contribution is 5.73. The fraction of sp³-hybridized carbons (Fsp3) is 0.400. The van der Waals surface area contributed by atoms with Gasteiger partial charge in [0.05, 0.1) is 5.52 Å². The van der Waals surface area contributed by atoms with E-state index in [0.29, 0.717) is 0 Å². The lowest BCUT2D eigenvalue weighted by Gasteiger charge is -1.88. The quantitative estimate of drug-likeness (QED) is 0.729. The van der Waals surface area contributed by atoms with Crippen LogP contribution in [0, 0.1) is 6.92 Å². The zero-order valence-corrected chi connectivity index (χ0v) is 9.05. The van der Waals surface area contributed by atoms with E-state index in [1.807, 2.05) is 40.0 Å². The van der Waals surface area contributed by atoms with Crippen LogP contribution < -0.4 is 5.32 Å². The highest BCUT2D eigenvalue weighted by atomic mass is 15.1. The Morgan fingerprint density at radius 2 is 1.93 bits per heavy atom. The number of pyridine rings is 1. The van der Waals surface area contributed by atoms with Gasteiger partial charge in [-0.3, -0.25) is 0 Å². The summed E-state index contributed by atoms with van der Waals surface area (Å²) < 4.78 is 0. The Balaban J connectivity index is 0.000000461. The van der Waals surface area contributed by atoms with E-state index in [4.69, 9.17) is 0 Å². The van der Waals surface area contributed by atoms with Crippen molar-refractivity contribution in [2.24, 2.45) is 0 Å². The first-order valence-electron chi connectivity index (χ1n) is 4.81. The number of aromatic nitrogens is 3. The maximum Gasteiger partial charge on any atom is 0.202 e. The van der Waals surface area contributed by atoms with E-state index >= 15 is 0 Å². The van der Waals surface area contributed by atoms with E-state index in [9.17, 15) is 0 Å². The molecule has 2 rings (SSSR count). The first-order chi connectivity index (χ1) is 6.79. The molecule has 0 aliphatic heterocycles. The monoisotopic (exact) mass is 192 g/mol. The van der Waals surface area contributed by atoms with E-state index in [1.54, 1.807) is 0 Å². The molecule has 2 N–H and O–H groups in total. The normalized spacial score (nSPS) is 9.43. The summed E-state index contributed by atoms with van der Waals surface area (Å²) in [6.45, 7) is 5.95. The maximum absolute atomic E-state index is 4.26. The van der Waals surface area contributed by atoms with Crippen LogP contribution in [0.5, 0.6) is 0 Å². The van der Waals surface area contributed by atoms with Crippen molar-refractivity contribution in [3.63, 3.8) is 0 Å². The van der Waals surface area contributed by atoms with Gasteiger partial charge in [-0.15, -0.1) is 0 Å². The number of hydrogen-bond acceptors (Lipinski definition) is 3. The molecule has 0 aliphatic carbocycles. The molecule has 0 fully saturated rings. The number of rotatable bonds is 1. The summed E-state index contributed by atoms with van der Waals surface area (Å²) in [5, 5.41) is 2.93. The summed E-state index contributed by atoms with van der Waals surface area (Å²) in [4.78, 5) is 11.6. The third-order valence-electron chi connectivity index (χ3n) is 1.72. The lowest BCUT2D eigenvalue weighted by Crippen LogP contribution is -1.88. The molecule has 4 heteroatoms. The summed E-state index contributed by atoms with van der Waals surface area (Å²) in [7, 11) is 1.82. The number of aromatic amines is 1. The minimum absolute atomic E-state index is 0.753. The van der Waals surface area contributed by atoms with Gasteiger partial charge < -0.3 is 10.3 Å². The molecule has 0 radical (unpaired) electrons. The van der Waals surface area contributed by atoms with Gasteiger partial charge in [-0.2, -0.15) is 4.98 Å². The van der Waals surface area contributed by atoms with Crippen molar-refractivity contribution in [1.29, 1.82) is 0 Å². The fourth-order valence-electron chi connectivity index (χ4n) is 1.11. The molecule has 2 aromatic heterocycles. The summed E-state index contributed by atoms with van der Waals surface area (Å²) in [5.74, 6) is 0.753. The van der Waals surface area contributed by atoms with Crippen LogP contribution in [0.3, 0.4) is 0 Å². The number of imidazole rings is 1. The number of nitrogens with zero attached hydrogens (tertiary/aromatic N) is 2. The van der Waals surface area contributed by atoms with Crippen molar-refractivity contribution in [2.75, 3.05) is 12.4 Å². The second kappa shape index (κ2) is 4.60. The highest BCUT2D eigenvalue weighted by Crippen LogP contribution is 2.11. The Morgan fingerprint density at radius 1 is 1.21 bits per heavy atom. The van der Waals surface area contributed by atoms with Crippen LogP contribution in [0.1, 0.15) is 19.5 Å². The molecule has 0 amide bonds. The Bertz CT molecular complexity index is 405. The smallest absolute Gasteiger partial charge is 0.202 e. The average molecular weight is 192 g/mol. The lowest BCUT2D eigenvalue weighted by atomic mass is 10.4. The van der Waals surface area contributed by atoms with Crippen molar-refractivity contribution in [3.8, 4) is 0 Å². The number of hydrogen-bond donors (Lipinski definition) is 2. The third kappa shape index (κ3) is 2.02. The van der Waals surface area contributed by atoms with Crippen LogP contribution >= 0.6 is 0 Å². The molecule has 2 aromatic rings. The molecule has 0 saturated heterocycles. The van der Waals surface area contributed by atoms with Crippen molar-refractivity contribution >= 4 is 17.1 Å². The predicted molar refractivity (Wildman–Crippen MR) is 59.5 cm³/mol. The number of aryl methyl sites for hydroxylation is 1. The molecule has 0 aliphatic rings. The second-order valence-electron chi connectivity index (χ2n) is 2.66. The predicted octanol–water partition coefficient (Wildman–Crippen LogP) is 2.33. The van der Waals surface area contributed by atoms with Gasteiger partial charge >= 0.3 is 0 Å². The fourth-order valence-corrected chi connectivity index (χ4v) is 1.11. The van der Waals surface area contributed by atoms with E-state index < -0.39 is 0 Å². The topological polar surface area (TPSA) is 53.6 Å². The van der Waals surface area contributed by atoms with E-state index in [1.165, 1.54) is 0 Å². The Hall–Kier alpha value is -1.58. The zero-order valence-electron chi connectivity index (χ0n) is 9.05. The molecule has 2 heterocycles. The molecule has 14 heavy (non-hydrogen) atoms. The SMILES string of the molecule is CC.CNc1nc2nc(C)ccc2[nH]1. The number of H-pyrrole nitrogens is 1. The Labute approximate surface area is 83.8 Å². The Kier molecular flexibility index (Phi) is 3.45. The molecule has 76 valence electrons. The molecule has 0 atom stereocenters. The van der Waals surface area contributed by atoms with Gasteiger partial charge in [-0.25, -0.2) is 4.98 Å². The summed E-state index contributed by atoms with van der Waals surface area (Å²) in [5.41, 5.74) is 2.71. The van der Waals surface area contributed by atoms with Crippen LogP contribution in [0.4, 0.5) is 5.95 Å². The van der Waals surface area contributed by atoms with E-state index in [-0.39, 0.29) is 0 Å². The van der Waals surface area contributed by atoms with Crippen LogP contribution in [0.2, 0.25) is 0 Å². The number of fused-ring (bicyclic) bond motifs is 1. The first-order valence-corrected chi connectivity index (χ1v) is 4.81. The van der Waals surface area contributed by atoms with Gasteiger partial charge in [-0.1, -0.05) is 13.8 Å². The first kappa shape index (κ1) is 10.5. The second-order valence-corrected chi connectivity index (χ2v) is 2.66. The van der Waals surface area contributed by atoms with Crippen LogP contribution in [0.15, 0.2) is 12.1 Å². The number of nitrogens with one attached hydrogen (secondary N) is 2. The van der Waals surface area contributed by atoms with Crippen molar-refractivity contribution < 1.29 is 0 Å². The molecule has 4 nitrogen and oxygen atoms in total. The highest BCUT2D eigenvalue weighted by Gasteiger charge is 2.00. The summed E-state index contributed by atoms with van der Waals surface area (Å²) >= 11 is 0. The minimum Gasteiger partial charge on any atom is -0.359 e. The van der Waals surface area contributed by atoms with E-state index in [0.717, 1.165) is 22.8 Å². The molecule has 0 unspecified atom stereocenters. The van der Waals surface area contributed by atoms with Crippen molar-refractivity contribution in [3.05, 3.63) is 17.8 Å². The minimum atomic E-state index is 0.753.